The number of alkyl halides is 1. The molecule has 0 amide bonds. The minimum Gasteiger partial charge on any atom is -0.251 e. The van der Waals surface area contributed by atoms with Crippen LogP contribution < -0.4 is 0 Å². The van der Waals surface area contributed by atoms with Crippen molar-refractivity contribution in [3.05, 3.63) is 66.1 Å². The van der Waals surface area contributed by atoms with E-state index in [1.165, 1.54) is 0 Å². The smallest absolute Gasteiger partial charge is 0.178 e. The Kier molecular flexibility index (Phi) is 3.38. The molecule has 0 bridgehead atoms. The summed E-state index contributed by atoms with van der Waals surface area (Å²) in [6.45, 7) is 0. The van der Waals surface area contributed by atoms with Crippen LogP contribution in [0, 0.1) is 0 Å². The molecule has 3 aromatic rings. The monoisotopic (exact) mass is 269 g/mol. The van der Waals surface area contributed by atoms with Gasteiger partial charge in [0.05, 0.1) is 5.38 Å². The van der Waals surface area contributed by atoms with Crippen LogP contribution >= 0.6 is 11.6 Å². The lowest BCUT2D eigenvalue weighted by Crippen LogP contribution is -1.99. The summed E-state index contributed by atoms with van der Waals surface area (Å²) in [5, 5.41) is -0.0807. The lowest BCUT2D eigenvalue weighted by atomic mass is 10.1. The molecule has 0 saturated heterocycles. The van der Waals surface area contributed by atoms with Crippen LogP contribution in [0.2, 0.25) is 0 Å². The molecule has 4 heteroatoms. The highest BCUT2D eigenvalue weighted by Crippen LogP contribution is 2.24. The van der Waals surface area contributed by atoms with Crippen molar-refractivity contribution in [1.29, 1.82) is 0 Å². The Morgan fingerprint density at radius 3 is 2.58 bits per heavy atom. The average molecular weight is 270 g/mol. The Balaban J connectivity index is 1.85. The number of rotatable bonds is 3. The molecule has 3 nitrogen and oxygen atoms in total. The molecule has 2 heterocycles. The molecule has 1 atom stereocenters. The van der Waals surface area contributed by atoms with Crippen molar-refractivity contribution in [3.8, 4) is 0 Å². The molecule has 0 radical (unpaired) electrons. The maximum atomic E-state index is 6.42. The van der Waals surface area contributed by atoms with Gasteiger partial charge in [0.1, 0.15) is 5.52 Å². The van der Waals surface area contributed by atoms with Crippen LogP contribution in [0.4, 0.5) is 0 Å². The molecular weight excluding hydrogens is 258 g/mol. The van der Waals surface area contributed by atoms with Crippen molar-refractivity contribution in [1.82, 2.24) is 15.0 Å². The third-order valence-electron chi connectivity index (χ3n) is 2.94. The molecule has 0 saturated carbocycles. The Morgan fingerprint density at radius 2 is 1.74 bits per heavy atom. The summed E-state index contributed by atoms with van der Waals surface area (Å²) in [6, 6.07) is 13.9. The van der Waals surface area contributed by atoms with Crippen LogP contribution in [0.1, 0.15) is 16.6 Å². The van der Waals surface area contributed by atoms with Crippen molar-refractivity contribution in [3.63, 3.8) is 0 Å². The minimum atomic E-state index is -0.0807. The van der Waals surface area contributed by atoms with E-state index in [1.807, 2.05) is 42.5 Å². The van der Waals surface area contributed by atoms with Crippen LogP contribution in [0.5, 0.6) is 0 Å². The summed E-state index contributed by atoms with van der Waals surface area (Å²) >= 11 is 6.42. The predicted molar refractivity (Wildman–Crippen MR) is 76.1 cm³/mol. The Bertz CT molecular complexity index is 685. The first-order valence-corrected chi connectivity index (χ1v) is 6.52. The van der Waals surface area contributed by atoms with E-state index in [4.69, 9.17) is 11.6 Å². The quantitative estimate of drug-likeness (QED) is 0.683. The summed E-state index contributed by atoms with van der Waals surface area (Å²) in [7, 11) is 0. The molecular formula is C15H12ClN3. The Labute approximate surface area is 116 Å². The number of fused-ring (bicyclic) bond motifs is 1. The first-order valence-electron chi connectivity index (χ1n) is 6.08. The van der Waals surface area contributed by atoms with Gasteiger partial charge in [-0.05, 0) is 17.7 Å². The summed E-state index contributed by atoms with van der Waals surface area (Å²) in [4.78, 5) is 12.9. The normalized spacial score (nSPS) is 12.5. The van der Waals surface area contributed by atoms with E-state index in [-0.39, 0.29) is 5.38 Å². The van der Waals surface area contributed by atoms with E-state index in [0.29, 0.717) is 12.1 Å². The molecule has 1 unspecified atom stereocenters. The SMILES string of the molecule is ClC(Cc1ccc2nccnc2n1)c1ccccc1. The van der Waals surface area contributed by atoms with Crippen LogP contribution in [0.15, 0.2) is 54.9 Å². The third-order valence-corrected chi connectivity index (χ3v) is 3.35. The van der Waals surface area contributed by atoms with Gasteiger partial charge in [0, 0.05) is 24.5 Å². The van der Waals surface area contributed by atoms with Crippen LogP contribution in [0.3, 0.4) is 0 Å². The largest absolute Gasteiger partial charge is 0.251 e. The van der Waals surface area contributed by atoms with E-state index >= 15 is 0 Å². The van der Waals surface area contributed by atoms with E-state index in [1.54, 1.807) is 12.4 Å². The highest BCUT2D eigenvalue weighted by Gasteiger charge is 2.10. The standard InChI is InChI=1S/C15H12ClN3/c16-13(11-4-2-1-3-5-11)10-12-6-7-14-15(19-12)18-9-8-17-14/h1-9,13H,10H2. The summed E-state index contributed by atoms with van der Waals surface area (Å²) in [6.07, 6.45) is 3.99. The molecule has 94 valence electrons. The zero-order chi connectivity index (χ0) is 13.1. The van der Waals surface area contributed by atoms with Gasteiger partial charge in [-0.2, -0.15) is 0 Å². The summed E-state index contributed by atoms with van der Waals surface area (Å²) in [5.41, 5.74) is 3.50. The van der Waals surface area contributed by atoms with E-state index in [2.05, 4.69) is 15.0 Å². The van der Waals surface area contributed by atoms with Crippen LogP contribution in [-0.2, 0) is 6.42 Å². The maximum absolute atomic E-state index is 6.42. The number of pyridine rings is 1. The first kappa shape index (κ1) is 12.1. The van der Waals surface area contributed by atoms with Gasteiger partial charge in [-0.1, -0.05) is 30.3 Å². The average Bonchev–Trinajstić information content (AvgIpc) is 2.48. The zero-order valence-electron chi connectivity index (χ0n) is 10.2. The summed E-state index contributed by atoms with van der Waals surface area (Å²) in [5.74, 6) is 0. The molecule has 19 heavy (non-hydrogen) atoms. The van der Waals surface area contributed by atoms with Crippen molar-refractivity contribution < 1.29 is 0 Å². The molecule has 1 aromatic carbocycles. The van der Waals surface area contributed by atoms with Crippen LogP contribution in [0.25, 0.3) is 11.2 Å². The second-order valence-corrected chi connectivity index (χ2v) is 4.81. The lowest BCUT2D eigenvalue weighted by molar-refractivity contribution is 0.885. The van der Waals surface area contributed by atoms with Gasteiger partial charge in [-0.3, -0.25) is 4.98 Å². The topological polar surface area (TPSA) is 38.7 Å². The number of halogens is 1. The van der Waals surface area contributed by atoms with Crippen LogP contribution in [-0.4, -0.2) is 15.0 Å². The molecule has 0 aliphatic carbocycles. The fraction of sp³-hybridized carbons (Fsp3) is 0.133. The van der Waals surface area contributed by atoms with Crippen molar-refractivity contribution in [2.75, 3.05) is 0 Å². The predicted octanol–water partition coefficient (Wildman–Crippen LogP) is 3.55. The zero-order valence-corrected chi connectivity index (χ0v) is 11.0. The van der Waals surface area contributed by atoms with Gasteiger partial charge in [0.15, 0.2) is 5.65 Å². The highest BCUT2D eigenvalue weighted by atomic mass is 35.5. The van der Waals surface area contributed by atoms with Gasteiger partial charge in [-0.15, -0.1) is 11.6 Å². The second-order valence-electron chi connectivity index (χ2n) is 4.28. The molecule has 0 N–H and O–H groups in total. The lowest BCUT2D eigenvalue weighted by Gasteiger charge is -2.09. The molecule has 0 aliphatic heterocycles. The minimum absolute atomic E-state index is 0.0807. The van der Waals surface area contributed by atoms with Crippen molar-refractivity contribution >= 4 is 22.8 Å². The fourth-order valence-corrected chi connectivity index (χ4v) is 2.27. The van der Waals surface area contributed by atoms with E-state index < -0.39 is 0 Å². The van der Waals surface area contributed by atoms with E-state index in [0.717, 1.165) is 16.8 Å². The Hall–Kier alpha value is -2.00. The summed E-state index contributed by atoms with van der Waals surface area (Å²) < 4.78 is 0. The van der Waals surface area contributed by atoms with Gasteiger partial charge >= 0.3 is 0 Å². The van der Waals surface area contributed by atoms with Crippen molar-refractivity contribution in [2.24, 2.45) is 0 Å². The number of hydrogen-bond donors (Lipinski definition) is 0. The molecule has 0 spiro atoms. The molecule has 0 fully saturated rings. The molecule has 0 aliphatic rings. The van der Waals surface area contributed by atoms with Gasteiger partial charge < -0.3 is 0 Å². The van der Waals surface area contributed by atoms with E-state index in [9.17, 15) is 0 Å². The van der Waals surface area contributed by atoms with Gasteiger partial charge in [0.2, 0.25) is 0 Å². The van der Waals surface area contributed by atoms with Gasteiger partial charge in [0.25, 0.3) is 0 Å². The number of nitrogens with zero attached hydrogens (tertiary/aromatic N) is 3. The first-order chi connectivity index (χ1) is 9.33. The Morgan fingerprint density at radius 1 is 0.947 bits per heavy atom. The second kappa shape index (κ2) is 5.33. The number of aromatic nitrogens is 3. The third kappa shape index (κ3) is 2.71. The van der Waals surface area contributed by atoms with Gasteiger partial charge in [-0.25, -0.2) is 9.97 Å². The fourth-order valence-electron chi connectivity index (χ4n) is 1.97. The highest BCUT2D eigenvalue weighted by molar-refractivity contribution is 6.20. The molecule has 2 aromatic heterocycles. The van der Waals surface area contributed by atoms with Crippen molar-refractivity contribution in [2.45, 2.75) is 11.8 Å². The number of hydrogen-bond acceptors (Lipinski definition) is 3. The molecule has 3 rings (SSSR count). The number of benzene rings is 1. The maximum Gasteiger partial charge on any atom is 0.178 e.